The molecule has 19 heavy (non-hydrogen) atoms. The zero-order chi connectivity index (χ0) is 13.7. The number of aliphatic carboxylic acids is 1. The molecule has 0 radical (unpaired) electrons. The van der Waals surface area contributed by atoms with Crippen LogP contribution < -0.4 is 5.32 Å². The first-order valence-corrected chi connectivity index (χ1v) is 6.64. The molecule has 1 aliphatic carbocycles. The van der Waals surface area contributed by atoms with Gasteiger partial charge in [0.1, 0.15) is 6.07 Å². The smallest absolute Gasteiger partial charge is 0.305 e. The van der Waals surface area contributed by atoms with E-state index < -0.39 is 11.5 Å². The van der Waals surface area contributed by atoms with E-state index in [0.717, 1.165) is 37.8 Å². The Morgan fingerprint density at radius 1 is 1.32 bits per heavy atom. The summed E-state index contributed by atoms with van der Waals surface area (Å²) in [6.07, 6.45) is 5.03. The van der Waals surface area contributed by atoms with Crippen LogP contribution in [0.2, 0.25) is 0 Å². The largest absolute Gasteiger partial charge is 0.481 e. The van der Waals surface area contributed by atoms with Crippen molar-refractivity contribution >= 4 is 11.7 Å². The molecule has 1 aromatic rings. The van der Waals surface area contributed by atoms with Crippen molar-refractivity contribution in [2.75, 3.05) is 5.32 Å². The molecule has 0 aliphatic heterocycles. The molecule has 100 valence electrons. The molecule has 0 unspecified atom stereocenters. The van der Waals surface area contributed by atoms with Gasteiger partial charge in [-0.25, -0.2) is 0 Å². The lowest BCUT2D eigenvalue weighted by Gasteiger charge is -2.38. The summed E-state index contributed by atoms with van der Waals surface area (Å²) in [4.78, 5) is 11.1. The molecule has 0 bridgehead atoms. The molecule has 4 heteroatoms. The molecule has 2 N–H and O–H groups in total. The second-order valence-electron chi connectivity index (χ2n) is 5.19. The minimum Gasteiger partial charge on any atom is -0.481 e. The molecule has 0 spiro atoms. The molecule has 0 aromatic heterocycles. The van der Waals surface area contributed by atoms with Crippen molar-refractivity contribution in [1.29, 1.82) is 5.26 Å². The van der Waals surface area contributed by atoms with Gasteiger partial charge in [-0.1, -0.05) is 31.4 Å². The Hall–Kier alpha value is -2.02. The van der Waals surface area contributed by atoms with E-state index in [1.165, 1.54) is 0 Å². The van der Waals surface area contributed by atoms with Crippen LogP contribution in [0.4, 0.5) is 5.69 Å². The first-order valence-electron chi connectivity index (χ1n) is 6.64. The molecular weight excluding hydrogens is 240 g/mol. The Balaban J connectivity index is 2.25. The number of rotatable bonds is 4. The number of nitriles is 1. The Morgan fingerprint density at radius 3 is 2.63 bits per heavy atom. The molecule has 1 fully saturated rings. The van der Waals surface area contributed by atoms with Crippen LogP contribution in [-0.2, 0) is 4.79 Å². The summed E-state index contributed by atoms with van der Waals surface area (Å²) in [7, 11) is 0. The van der Waals surface area contributed by atoms with Gasteiger partial charge in [-0.15, -0.1) is 0 Å². The van der Waals surface area contributed by atoms with E-state index in [1.54, 1.807) is 6.07 Å². The van der Waals surface area contributed by atoms with E-state index >= 15 is 0 Å². The molecule has 1 aromatic carbocycles. The average Bonchev–Trinajstić information content (AvgIpc) is 2.39. The van der Waals surface area contributed by atoms with Gasteiger partial charge in [0.25, 0.3) is 0 Å². The van der Waals surface area contributed by atoms with E-state index in [2.05, 4.69) is 11.4 Å². The van der Waals surface area contributed by atoms with Crippen molar-refractivity contribution < 1.29 is 9.90 Å². The lowest BCUT2D eigenvalue weighted by Crippen LogP contribution is -2.42. The molecule has 0 saturated heterocycles. The number of carboxylic acids is 1. The van der Waals surface area contributed by atoms with Crippen molar-refractivity contribution in [2.45, 2.75) is 44.1 Å². The predicted molar refractivity (Wildman–Crippen MR) is 72.8 cm³/mol. The first kappa shape index (κ1) is 13.4. The van der Waals surface area contributed by atoms with Gasteiger partial charge in [0.15, 0.2) is 0 Å². The molecular formula is C15H18N2O2. The summed E-state index contributed by atoms with van der Waals surface area (Å²) in [6.45, 7) is 0. The third kappa shape index (κ3) is 3.25. The number of anilines is 1. The van der Waals surface area contributed by atoms with Crippen molar-refractivity contribution in [3.05, 3.63) is 29.8 Å². The van der Waals surface area contributed by atoms with E-state index in [0.29, 0.717) is 5.56 Å². The maximum Gasteiger partial charge on any atom is 0.305 e. The van der Waals surface area contributed by atoms with Gasteiger partial charge >= 0.3 is 5.97 Å². The predicted octanol–water partition coefficient (Wildman–Crippen LogP) is 3.15. The lowest BCUT2D eigenvalue weighted by atomic mass is 9.79. The standard InChI is InChI=1S/C15H18N2O2/c16-11-12-6-2-3-7-13(12)17-15(10-14(18)19)8-4-1-5-9-15/h2-3,6-7,17H,1,4-5,8-10H2,(H,18,19). The molecule has 0 amide bonds. The Morgan fingerprint density at radius 2 is 2.00 bits per heavy atom. The van der Waals surface area contributed by atoms with E-state index in [1.807, 2.05) is 18.2 Å². The van der Waals surface area contributed by atoms with Gasteiger partial charge in [-0.3, -0.25) is 4.79 Å². The van der Waals surface area contributed by atoms with Crippen LogP contribution >= 0.6 is 0 Å². The number of benzene rings is 1. The quantitative estimate of drug-likeness (QED) is 0.870. The minimum absolute atomic E-state index is 0.104. The minimum atomic E-state index is -0.788. The van der Waals surface area contributed by atoms with Crippen LogP contribution in [0.5, 0.6) is 0 Å². The number of para-hydroxylation sites is 1. The maximum absolute atomic E-state index is 11.1. The first-order chi connectivity index (χ1) is 9.15. The Bertz CT molecular complexity index is 499. The molecule has 4 nitrogen and oxygen atoms in total. The van der Waals surface area contributed by atoms with Crippen LogP contribution in [0.25, 0.3) is 0 Å². The number of nitrogens with zero attached hydrogens (tertiary/aromatic N) is 1. The molecule has 2 rings (SSSR count). The molecule has 0 heterocycles. The number of hydrogen-bond acceptors (Lipinski definition) is 3. The summed E-state index contributed by atoms with van der Waals surface area (Å²) in [5, 5.41) is 21.6. The Kier molecular flexibility index (Phi) is 4.06. The van der Waals surface area contributed by atoms with Crippen LogP contribution in [0.1, 0.15) is 44.1 Å². The highest BCUT2D eigenvalue weighted by molar-refractivity contribution is 5.70. The highest BCUT2D eigenvalue weighted by Crippen LogP contribution is 2.35. The number of hydrogen-bond donors (Lipinski definition) is 2. The molecule has 0 atom stereocenters. The summed E-state index contributed by atoms with van der Waals surface area (Å²) in [5.74, 6) is -0.788. The Labute approximate surface area is 113 Å². The molecule has 1 saturated carbocycles. The van der Waals surface area contributed by atoms with E-state index in [-0.39, 0.29) is 6.42 Å². The monoisotopic (exact) mass is 258 g/mol. The highest BCUT2D eigenvalue weighted by Gasteiger charge is 2.34. The highest BCUT2D eigenvalue weighted by atomic mass is 16.4. The maximum atomic E-state index is 11.1. The van der Waals surface area contributed by atoms with Crippen molar-refractivity contribution in [1.82, 2.24) is 0 Å². The number of nitrogens with one attached hydrogen (secondary N) is 1. The van der Waals surface area contributed by atoms with Crippen LogP contribution in [-0.4, -0.2) is 16.6 Å². The normalized spacial score (nSPS) is 17.4. The number of carbonyl (C=O) groups is 1. The summed E-state index contributed by atoms with van der Waals surface area (Å²) in [5.41, 5.74) is 0.905. The zero-order valence-corrected chi connectivity index (χ0v) is 10.9. The summed E-state index contributed by atoms with van der Waals surface area (Å²) in [6, 6.07) is 9.41. The van der Waals surface area contributed by atoms with E-state index in [4.69, 9.17) is 10.4 Å². The van der Waals surface area contributed by atoms with Crippen LogP contribution in [0.3, 0.4) is 0 Å². The third-order valence-electron chi connectivity index (χ3n) is 3.75. The fraction of sp³-hybridized carbons (Fsp3) is 0.467. The third-order valence-corrected chi connectivity index (χ3v) is 3.75. The number of carboxylic acid groups (broad SMARTS) is 1. The topological polar surface area (TPSA) is 73.1 Å². The van der Waals surface area contributed by atoms with Crippen molar-refractivity contribution in [2.24, 2.45) is 0 Å². The van der Waals surface area contributed by atoms with Gasteiger partial charge in [-0.05, 0) is 25.0 Å². The van der Waals surface area contributed by atoms with Crippen molar-refractivity contribution in [3.63, 3.8) is 0 Å². The fourth-order valence-electron chi connectivity index (χ4n) is 2.84. The van der Waals surface area contributed by atoms with Crippen LogP contribution in [0, 0.1) is 11.3 Å². The van der Waals surface area contributed by atoms with Gasteiger partial charge < -0.3 is 10.4 Å². The van der Waals surface area contributed by atoms with Crippen LogP contribution in [0.15, 0.2) is 24.3 Å². The second-order valence-corrected chi connectivity index (χ2v) is 5.19. The fourth-order valence-corrected chi connectivity index (χ4v) is 2.84. The van der Waals surface area contributed by atoms with Gasteiger partial charge in [0, 0.05) is 5.54 Å². The van der Waals surface area contributed by atoms with Gasteiger partial charge in [0.2, 0.25) is 0 Å². The summed E-state index contributed by atoms with van der Waals surface area (Å²) < 4.78 is 0. The lowest BCUT2D eigenvalue weighted by molar-refractivity contribution is -0.138. The second kappa shape index (κ2) is 5.75. The van der Waals surface area contributed by atoms with Crippen molar-refractivity contribution in [3.8, 4) is 6.07 Å². The molecule has 1 aliphatic rings. The average molecular weight is 258 g/mol. The van der Waals surface area contributed by atoms with E-state index in [9.17, 15) is 4.79 Å². The van der Waals surface area contributed by atoms with Gasteiger partial charge in [-0.2, -0.15) is 5.26 Å². The SMILES string of the molecule is N#Cc1ccccc1NC1(CC(=O)O)CCCCC1. The summed E-state index contributed by atoms with van der Waals surface area (Å²) >= 11 is 0. The van der Waals surface area contributed by atoms with Gasteiger partial charge in [0.05, 0.1) is 17.7 Å². The zero-order valence-electron chi connectivity index (χ0n) is 10.9.